The lowest BCUT2D eigenvalue weighted by molar-refractivity contribution is 0.123. The molecule has 3 heteroatoms. The van der Waals surface area contributed by atoms with Crippen molar-refractivity contribution in [2.45, 2.75) is 11.4 Å². The zero-order valence-corrected chi connectivity index (χ0v) is 8.28. The normalized spacial score (nSPS) is 28.4. The predicted octanol–water partition coefficient (Wildman–Crippen LogP) is 2.42. The Labute approximate surface area is 86.6 Å². The third-order valence-electron chi connectivity index (χ3n) is 2.40. The van der Waals surface area contributed by atoms with Crippen molar-refractivity contribution in [2.75, 3.05) is 0 Å². The number of thioether (sulfide) groups is 1. The van der Waals surface area contributed by atoms with Crippen LogP contribution >= 0.6 is 11.8 Å². The van der Waals surface area contributed by atoms with E-state index in [0.29, 0.717) is 5.25 Å². The number of nitrogens with zero attached hydrogens (tertiary/aromatic N) is 1. The van der Waals surface area contributed by atoms with Crippen molar-refractivity contribution < 1.29 is 4.84 Å². The summed E-state index contributed by atoms with van der Waals surface area (Å²) < 4.78 is 0. The average molecular weight is 203 g/mol. The molecule has 3 rings (SSSR count). The molecule has 2 aliphatic rings. The van der Waals surface area contributed by atoms with Gasteiger partial charge in [0.15, 0.2) is 6.10 Å². The maximum Gasteiger partial charge on any atom is 0.164 e. The first kappa shape index (κ1) is 8.12. The van der Waals surface area contributed by atoms with Gasteiger partial charge in [0.2, 0.25) is 0 Å². The smallest absolute Gasteiger partial charge is 0.164 e. The Hall–Kier alpha value is -1.22. The van der Waals surface area contributed by atoms with E-state index in [1.807, 2.05) is 18.2 Å². The lowest BCUT2D eigenvalue weighted by atomic mass is 10.1. The fourth-order valence-corrected chi connectivity index (χ4v) is 2.71. The molecule has 0 bridgehead atoms. The fraction of sp³-hybridized carbons (Fsp3) is 0.182. The third-order valence-corrected chi connectivity index (χ3v) is 3.50. The van der Waals surface area contributed by atoms with Crippen molar-refractivity contribution in [1.82, 2.24) is 0 Å². The van der Waals surface area contributed by atoms with Crippen molar-refractivity contribution in [1.29, 1.82) is 0 Å². The third kappa shape index (κ3) is 1.16. The summed E-state index contributed by atoms with van der Waals surface area (Å²) in [6.45, 7) is 0. The molecule has 0 amide bonds. The van der Waals surface area contributed by atoms with Gasteiger partial charge in [0.05, 0.1) is 5.25 Å². The maximum absolute atomic E-state index is 5.32. The Balaban J connectivity index is 1.94. The molecule has 70 valence electrons. The van der Waals surface area contributed by atoms with Gasteiger partial charge in [0, 0.05) is 5.56 Å². The molecule has 2 aliphatic heterocycles. The van der Waals surface area contributed by atoms with Gasteiger partial charge in [-0.15, -0.1) is 11.8 Å². The molecule has 2 unspecified atom stereocenters. The van der Waals surface area contributed by atoms with Gasteiger partial charge >= 0.3 is 0 Å². The number of fused-ring (bicyclic) bond motifs is 1. The molecule has 0 saturated heterocycles. The van der Waals surface area contributed by atoms with E-state index in [4.69, 9.17) is 4.84 Å². The van der Waals surface area contributed by atoms with Gasteiger partial charge in [-0.2, -0.15) is 0 Å². The summed E-state index contributed by atoms with van der Waals surface area (Å²) >= 11 is 1.78. The van der Waals surface area contributed by atoms with Gasteiger partial charge < -0.3 is 4.84 Å². The summed E-state index contributed by atoms with van der Waals surface area (Å²) in [4.78, 5) is 5.32. The standard InChI is InChI=1S/C11H9NOS/c1-2-4-8(5-3-1)10-11-9(13-12-10)6-7-14-11/h1-7,9,11H. The molecule has 0 radical (unpaired) electrons. The summed E-state index contributed by atoms with van der Waals surface area (Å²) in [5.41, 5.74) is 2.22. The van der Waals surface area contributed by atoms with Crippen LogP contribution in [0.1, 0.15) is 5.56 Å². The van der Waals surface area contributed by atoms with Crippen molar-refractivity contribution in [3.8, 4) is 0 Å². The Morgan fingerprint density at radius 1 is 1.21 bits per heavy atom. The number of hydrogen-bond acceptors (Lipinski definition) is 3. The first-order valence-corrected chi connectivity index (χ1v) is 5.51. The van der Waals surface area contributed by atoms with E-state index >= 15 is 0 Å². The first-order chi connectivity index (χ1) is 6.95. The minimum absolute atomic E-state index is 0.148. The van der Waals surface area contributed by atoms with E-state index < -0.39 is 0 Å². The molecule has 2 heterocycles. The second kappa shape index (κ2) is 3.17. The summed E-state index contributed by atoms with van der Waals surface area (Å²) in [6, 6.07) is 10.2. The quantitative estimate of drug-likeness (QED) is 0.699. The van der Waals surface area contributed by atoms with E-state index in [-0.39, 0.29) is 6.10 Å². The molecule has 14 heavy (non-hydrogen) atoms. The molecule has 0 aromatic heterocycles. The number of rotatable bonds is 1. The molecule has 2 nitrogen and oxygen atoms in total. The summed E-state index contributed by atoms with van der Waals surface area (Å²) in [7, 11) is 0. The zero-order valence-electron chi connectivity index (χ0n) is 7.46. The second-order valence-electron chi connectivity index (χ2n) is 3.30. The van der Waals surface area contributed by atoms with Gasteiger partial charge in [-0.1, -0.05) is 35.5 Å². The zero-order chi connectivity index (χ0) is 9.38. The molecule has 0 aliphatic carbocycles. The van der Waals surface area contributed by atoms with Crippen LogP contribution < -0.4 is 0 Å². The number of hydrogen-bond donors (Lipinski definition) is 0. The van der Waals surface area contributed by atoms with Crippen LogP contribution in [-0.2, 0) is 4.84 Å². The van der Waals surface area contributed by atoms with Gasteiger partial charge in [-0.25, -0.2) is 0 Å². The predicted molar refractivity (Wildman–Crippen MR) is 58.4 cm³/mol. The first-order valence-electron chi connectivity index (χ1n) is 4.56. The largest absolute Gasteiger partial charge is 0.386 e. The fourth-order valence-electron chi connectivity index (χ4n) is 1.69. The molecular weight excluding hydrogens is 194 g/mol. The molecule has 0 fully saturated rings. The SMILES string of the molecule is C1=CC2ON=C(c3ccccc3)C2S1. The van der Waals surface area contributed by atoms with Gasteiger partial charge in [-0.3, -0.25) is 0 Å². The van der Waals surface area contributed by atoms with Crippen molar-refractivity contribution in [2.24, 2.45) is 5.16 Å². The lowest BCUT2D eigenvalue weighted by Crippen LogP contribution is -2.21. The average Bonchev–Trinajstić information content (AvgIpc) is 2.79. The maximum atomic E-state index is 5.32. The Bertz CT molecular complexity index is 399. The number of benzene rings is 1. The Morgan fingerprint density at radius 2 is 2.07 bits per heavy atom. The highest BCUT2D eigenvalue weighted by Gasteiger charge is 2.36. The minimum atomic E-state index is 0.148. The van der Waals surface area contributed by atoms with Crippen LogP contribution in [0.25, 0.3) is 0 Å². The summed E-state index contributed by atoms with van der Waals surface area (Å²) in [6.07, 6.45) is 2.21. The van der Waals surface area contributed by atoms with E-state index in [9.17, 15) is 0 Å². The lowest BCUT2D eigenvalue weighted by Gasteiger charge is -2.07. The topological polar surface area (TPSA) is 21.6 Å². The molecule has 1 aromatic carbocycles. The summed E-state index contributed by atoms with van der Waals surface area (Å²) in [5.74, 6) is 0. The molecule has 0 N–H and O–H groups in total. The van der Waals surface area contributed by atoms with Gasteiger partial charge in [0.25, 0.3) is 0 Å². The Kier molecular flexibility index (Phi) is 1.84. The molecule has 2 atom stereocenters. The van der Waals surface area contributed by atoms with E-state index in [1.54, 1.807) is 11.8 Å². The molecule has 1 aromatic rings. The van der Waals surface area contributed by atoms with Crippen molar-refractivity contribution >= 4 is 17.5 Å². The molecular formula is C11H9NOS. The van der Waals surface area contributed by atoms with Crippen LogP contribution in [0, 0.1) is 0 Å². The highest BCUT2D eigenvalue weighted by atomic mass is 32.2. The van der Waals surface area contributed by atoms with Crippen LogP contribution in [-0.4, -0.2) is 17.1 Å². The van der Waals surface area contributed by atoms with Crippen LogP contribution in [0.4, 0.5) is 0 Å². The van der Waals surface area contributed by atoms with E-state index in [2.05, 4.69) is 28.8 Å². The summed E-state index contributed by atoms with van der Waals surface area (Å²) in [5, 5.41) is 6.58. The highest BCUT2D eigenvalue weighted by Crippen LogP contribution is 2.34. The van der Waals surface area contributed by atoms with E-state index in [0.717, 1.165) is 11.3 Å². The van der Waals surface area contributed by atoms with Gasteiger partial charge in [0.1, 0.15) is 5.71 Å². The molecule has 0 saturated carbocycles. The monoisotopic (exact) mass is 203 g/mol. The highest BCUT2D eigenvalue weighted by molar-refractivity contribution is 8.03. The minimum Gasteiger partial charge on any atom is -0.386 e. The van der Waals surface area contributed by atoms with Crippen molar-refractivity contribution in [3.63, 3.8) is 0 Å². The van der Waals surface area contributed by atoms with Crippen LogP contribution in [0.2, 0.25) is 0 Å². The van der Waals surface area contributed by atoms with Crippen LogP contribution in [0.15, 0.2) is 47.0 Å². The van der Waals surface area contributed by atoms with Gasteiger partial charge in [-0.05, 0) is 11.5 Å². The van der Waals surface area contributed by atoms with Crippen LogP contribution in [0.5, 0.6) is 0 Å². The van der Waals surface area contributed by atoms with Crippen LogP contribution in [0.3, 0.4) is 0 Å². The number of oxime groups is 1. The second-order valence-corrected chi connectivity index (χ2v) is 4.35. The van der Waals surface area contributed by atoms with E-state index in [1.165, 1.54) is 0 Å². The Morgan fingerprint density at radius 3 is 2.93 bits per heavy atom. The molecule has 0 spiro atoms. The van der Waals surface area contributed by atoms with Crippen molar-refractivity contribution in [3.05, 3.63) is 47.4 Å².